The van der Waals surface area contributed by atoms with E-state index in [1.165, 1.54) is 18.4 Å². The van der Waals surface area contributed by atoms with Crippen LogP contribution in [0.1, 0.15) is 89.8 Å². The van der Waals surface area contributed by atoms with Crippen LogP contribution in [0, 0.1) is 5.92 Å². The molecule has 1 aromatic carbocycles. The molecule has 2 aliphatic heterocycles. The number of amides is 2. The van der Waals surface area contributed by atoms with Crippen LogP contribution in [0.3, 0.4) is 0 Å². The highest BCUT2D eigenvalue weighted by Gasteiger charge is 2.40. The summed E-state index contributed by atoms with van der Waals surface area (Å²) in [6.07, 6.45) is 7.72. The van der Waals surface area contributed by atoms with E-state index in [0.717, 1.165) is 63.0 Å². The van der Waals surface area contributed by atoms with E-state index in [2.05, 4.69) is 29.1 Å². The standard InChI is InChI=1S/C25H36N4O3.C3H8O/c1-4-25(14-22(31)29(23(26)28-25)15-18-7-8-18)11-5-6-17-9-10-21-19(12-17)20(27-16-30)13-24(2,3)32-21;1-3-4-2/h9-10,12,16,18,20H,4-8,11,13-15H2,1-3H3,(H2,26,28)(H,27,30);3H2,1-2H3. The fraction of sp³-hybridized carbons (Fsp3) is 0.679. The van der Waals surface area contributed by atoms with Gasteiger partial charge in [-0.05, 0) is 76.8 Å². The van der Waals surface area contributed by atoms with E-state index in [9.17, 15) is 9.59 Å². The number of rotatable bonds is 10. The van der Waals surface area contributed by atoms with Crippen molar-refractivity contribution in [3.05, 3.63) is 29.3 Å². The Balaban J connectivity index is 0.000000840. The molecule has 2 atom stereocenters. The minimum absolute atomic E-state index is 0.0500. The molecule has 1 aliphatic carbocycles. The van der Waals surface area contributed by atoms with E-state index in [1.807, 2.05) is 26.8 Å². The molecule has 2 unspecified atom stereocenters. The van der Waals surface area contributed by atoms with Gasteiger partial charge in [0, 0.05) is 32.2 Å². The highest BCUT2D eigenvalue weighted by Crippen LogP contribution is 2.40. The summed E-state index contributed by atoms with van der Waals surface area (Å²) in [7, 11) is 1.68. The zero-order valence-corrected chi connectivity index (χ0v) is 22.6. The van der Waals surface area contributed by atoms with E-state index in [0.29, 0.717) is 18.3 Å². The molecule has 3 aliphatic rings. The second-order valence-corrected chi connectivity index (χ2v) is 10.9. The van der Waals surface area contributed by atoms with E-state index in [1.54, 1.807) is 12.0 Å². The van der Waals surface area contributed by atoms with Crippen LogP contribution in [0.4, 0.5) is 0 Å². The van der Waals surface area contributed by atoms with Crippen molar-refractivity contribution in [2.45, 2.75) is 96.2 Å². The SMILES string of the molecule is CCC1(CCCc2ccc3c(c2)C(NC=O)CC(C)(C)O3)CC(=O)N(CC2CC2)C(N)=N1.CCOC. The lowest BCUT2D eigenvalue weighted by atomic mass is 9.84. The van der Waals surface area contributed by atoms with Crippen molar-refractivity contribution in [1.29, 1.82) is 0 Å². The number of benzene rings is 1. The van der Waals surface area contributed by atoms with E-state index >= 15 is 0 Å². The van der Waals surface area contributed by atoms with Crippen LogP contribution in [0.15, 0.2) is 23.2 Å². The van der Waals surface area contributed by atoms with Crippen LogP contribution in [0.25, 0.3) is 0 Å². The first-order chi connectivity index (χ1) is 17.2. The number of hydrogen-bond donors (Lipinski definition) is 2. The fourth-order valence-corrected chi connectivity index (χ4v) is 5.04. The zero-order valence-electron chi connectivity index (χ0n) is 22.6. The largest absolute Gasteiger partial charge is 0.487 e. The summed E-state index contributed by atoms with van der Waals surface area (Å²) >= 11 is 0. The van der Waals surface area contributed by atoms with E-state index in [4.69, 9.17) is 15.5 Å². The Morgan fingerprint density at radius 3 is 2.61 bits per heavy atom. The molecule has 36 heavy (non-hydrogen) atoms. The lowest BCUT2D eigenvalue weighted by molar-refractivity contribution is -0.130. The molecule has 1 saturated carbocycles. The van der Waals surface area contributed by atoms with Crippen molar-refractivity contribution in [3.8, 4) is 5.75 Å². The summed E-state index contributed by atoms with van der Waals surface area (Å²) in [5, 5.41) is 2.94. The molecule has 200 valence electrons. The number of nitrogens with zero attached hydrogens (tertiary/aromatic N) is 2. The van der Waals surface area contributed by atoms with Gasteiger partial charge in [-0.2, -0.15) is 0 Å². The number of ether oxygens (including phenoxy) is 2. The fourth-order valence-electron chi connectivity index (χ4n) is 5.04. The second-order valence-electron chi connectivity index (χ2n) is 10.9. The molecule has 4 rings (SSSR count). The highest BCUT2D eigenvalue weighted by molar-refractivity contribution is 5.99. The average molecular weight is 501 g/mol. The monoisotopic (exact) mass is 500 g/mol. The topological polar surface area (TPSA) is 106 Å². The molecule has 8 heteroatoms. The lowest BCUT2D eigenvalue weighted by Gasteiger charge is -2.38. The molecule has 1 fully saturated rings. The molecule has 2 amide bonds. The number of carbonyl (C=O) groups is 2. The minimum atomic E-state index is -0.399. The quantitative estimate of drug-likeness (QED) is 0.470. The third-order valence-electron chi connectivity index (χ3n) is 7.40. The molecular weight excluding hydrogens is 456 g/mol. The van der Waals surface area contributed by atoms with Gasteiger partial charge in [0.15, 0.2) is 5.96 Å². The van der Waals surface area contributed by atoms with Gasteiger partial charge < -0.3 is 20.5 Å². The molecule has 2 heterocycles. The maximum absolute atomic E-state index is 12.8. The maximum atomic E-state index is 12.8. The Morgan fingerprint density at radius 1 is 1.31 bits per heavy atom. The van der Waals surface area contributed by atoms with Gasteiger partial charge in [-0.15, -0.1) is 0 Å². The Hall–Kier alpha value is -2.61. The molecule has 0 aromatic heterocycles. The first-order valence-electron chi connectivity index (χ1n) is 13.3. The number of aryl methyl sites for hydroxylation is 1. The van der Waals surface area contributed by atoms with Gasteiger partial charge in [0.05, 0.1) is 18.0 Å². The van der Waals surface area contributed by atoms with Crippen molar-refractivity contribution in [3.63, 3.8) is 0 Å². The number of aliphatic imine (C=N–C) groups is 1. The molecular formula is C28H44N4O4. The number of nitrogens with one attached hydrogen (secondary N) is 1. The maximum Gasteiger partial charge on any atom is 0.231 e. The Kier molecular flexibility index (Phi) is 9.39. The summed E-state index contributed by atoms with van der Waals surface area (Å²) in [6.45, 7) is 9.67. The van der Waals surface area contributed by atoms with Crippen molar-refractivity contribution in [2.75, 3.05) is 20.3 Å². The van der Waals surface area contributed by atoms with Gasteiger partial charge in [-0.1, -0.05) is 19.1 Å². The number of guanidine groups is 1. The third-order valence-corrected chi connectivity index (χ3v) is 7.40. The van der Waals surface area contributed by atoms with Gasteiger partial charge in [-0.25, -0.2) is 4.99 Å². The molecule has 0 radical (unpaired) electrons. The van der Waals surface area contributed by atoms with Crippen LogP contribution in [-0.4, -0.2) is 54.6 Å². The molecule has 3 N–H and O–H groups in total. The number of carbonyl (C=O) groups excluding carboxylic acids is 2. The predicted octanol–water partition coefficient (Wildman–Crippen LogP) is 4.12. The normalized spacial score (nSPS) is 24.6. The summed E-state index contributed by atoms with van der Waals surface area (Å²) in [4.78, 5) is 30.5. The van der Waals surface area contributed by atoms with Crippen molar-refractivity contribution < 1.29 is 19.1 Å². The van der Waals surface area contributed by atoms with Crippen molar-refractivity contribution in [2.24, 2.45) is 16.6 Å². The van der Waals surface area contributed by atoms with Crippen LogP contribution >= 0.6 is 0 Å². The average Bonchev–Trinajstić information content (AvgIpc) is 3.66. The smallest absolute Gasteiger partial charge is 0.231 e. The first-order valence-corrected chi connectivity index (χ1v) is 13.3. The molecule has 8 nitrogen and oxygen atoms in total. The van der Waals surface area contributed by atoms with Crippen LogP contribution in [0.2, 0.25) is 0 Å². The van der Waals surface area contributed by atoms with Gasteiger partial charge in [0.25, 0.3) is 0 Å². The van der Waals surface area contributed by atoms with Gasteiger partial charge in [0.1, 0.15) is 11.4 Å². The number of hydrogen-bond acceptors (Lipinski definition) is 6. The number of methoxy groups -OCH3 is 1. The molecule has 0 spiro atoms. The Morgan fingerprint density at radius 2 is 2.03 bits per heavy atom. The lowest BCUT2D eigenvalue weighted by Crippen LogP contribution is -2.52. The summed E-state index contributed by atoms with van der Waals surface area (Å²) in [5.41, 5.74) is 7.74. The Labute approximate surface area is 216 Å². The number of nitrogens with two attached hydrogens (primary N) is 1. The summed E-state index contributed by atoms with van der Waals surface area (Å²) < 4.78 is 10.7. The van der Waals surface area contributed by atoms with Crippen molar-refractivity contribution in [1.82, 2.24) is 10.2 Å². The Bertz CT molecular complexity index is 941. The summed E-state index contributed by atoms with van der Waals surface area (Å²) in [6, 6.07) is 6.20. The van der Waals surface area contributed by atoms with E-state index in [-0.39, 0.29) is 17.6 Å². The van der Waals surface area contributed by atoms with Gasteiger partial charge in [-0.3, -0.25) is 14.5 Å². The molecule has 0 saturated heterocycles. The zero-order chi connectivity index (χ0) is 26.3. The first kappa shape index (κ1) is 28.0. The van der Waals surface area contributed by atoms with Crippen LogP contribution in [-0.2, 0) is 20.7 Å². The van der Waals surface area contributed by atoms with Crippen LogP contribution in [0.5, 0.6) is 5.75 Å². The van der Waals surface area contributed by atoms with Crippen LogP contribution < -0.4 is 15.8 Å². The highest BCUT2D eigenvalue weighted by atomic mass is 16.5. The van der Waals surface area contributed by atoms with Crippen molar-refractivity contribution >= 4 is 18.3 Å². The number of fused-ring (bicyclic) bond motifs is 1. The predicted molar refractivity (Wildman–Crippen MR) is 142 cm³/mol. The second kappa shape index (κ2) is 12.1. The van der Waals surface area contributed by atoms with Gasteiger partial charge in [0.2, 0.25) is 12.3 Å². The summed E-state index contributed by atoms with van der Waals surface area (Å²) in [5.74, 6) is 1.94. The molecule has 0 bridgehead atoms. The third kappa shape index (κ3) is 7.21. The minimum Gasteiger partial charge on any atom is -0.487 e. The van der Waals surface area contributed by atoms with E-state index < -0.39 is 5.54 Å². The molecule has 1 aromatic rings. The van der Waals surface area contributed by atoms with Gasteiger partial charge >= 0.3 is 0 Å².